The standard InChI is InChI=1S/C22H16ClN3O3S/c23-18-9-2-4-11-20(18)26-30(28,29)17-8-5-7-16(14-17)24-22(27)21-13-12-15-6-1-3-10-19(15)25-21/h1-14,26H,(H,24,27). The summed E-state index contributed by atoms with van der Waals surface area (Å²) in [4.78, 5) is 16.9. The molecule has 0 fully saturated rings. The summed E-state index contributed by atoms with van der Waals surface area (Å²) in [7, 11) is -3.89. The molecule has 4 aromatic rings. The summed E-state index contributed by atoms with van der Waals surface area (Å²) in [6.45, 7) is 0. The molecular weight excluding hydrogens is 422 g/mol. The Bertz CT molecular complexity index is 1360. The number of pyridine rings is 1. The lowest BCUT2D eigenvalue weighted by atomic mass is 10.2. The second-order valence-corrected chi connectivity index (χ2v) is 8.55. The Morgan fingerprint density at radius 1 is 0.867 bits per heavy atom. The molecule has 0 bridgehead atoms. The van der Waals surface area contributed by atoms with Gasteiger partial charge >= 0.3 is 0 Å². The van der Waals surface area contributed by atoms with E-state index < -0.39 is 15.9 Å². The number of fused-ring (bicyclic) bond motifs is 1. The summed E-state index contributed by atoms with van der Waals surface area (Å²) < 4.78 is 27.9. The molecular formula is C22H16ClN3O3S. The Morgan fingerprint density at radius 2 is 1.63 bits per heavy atom. The van der Waals surface area contributed by atoms with Crippen LogP contribution in [0.2, 0.25) is 5.02 Å². The summed E-state index contributed by atoms with van der Waals surface area (Å²) >= 11 is 6.04. The number of nitrogens with one attached hydrogen (secondary N) is 2. The zero-order valence-corrected chi connectivity index (χ0v) is 17.1. The summed E-state index contributed by atoms with van der Waals surface area (Å²) in [5, 5.41) is 3.90. The number of aromatic nitrogens is 1. The van der Waals surface area contributed by atoms with Gasteiger partial charge in [0.25, 0.3) is 15.9 Å². The van der Waals surface area contributed by atoms with Crippen LogP contribution in [0.25, 0.3) is 10.9 Å². The predicted molar refractivity (Wildman–Crippen MR) is 118 cm³/mol. The number of carbonyl (C=O) groups excluding carboxylic acids is 1. The van der Waals surface area contributed by atoms with Gasteiger partial charge in [-0.1, -0.05) is 54.1 Å². The van der Waals surface area contributed by atoms with Crippen molar-refractivity contribution in [3.63, 3.8) is 0 Å². The monoisotopic (exact) mass is 437 g/mol. The lowest BCUT2D eigenvalue weighted by Crippen LogP contribution is -2.16. The molecule has 1 heterocycles. The molecule has 30 heavy (non-hydrogen) atoms. The maximum Gasteiger partial charge on any atom is 0.274 e. The van der Waals surface area contributed by atoms with E-state index in [2.05, 4.69) is 15.0 Å². The van der Waals surface area contributed by atoms with Gasteiger partial charge in [-0.05, 0) is 42.5 Å². The molecule has 0 saturated heterocycles. The Hall–Kier alpha value is -3.42. The van der Waals surface area contributed by atoms with E-state index in [9.17, 15) is 13.2 Å². The number of carbonyl (C=O) groups is 1. The van der Waals surface area contributed by atoms with Crippen LogP contribution >= 0.6 is 11.6 Å². The third-order valence-electron chi connectivity index (χ3n) is 4.35. The van der Waals surface area contributed by atoms with E-state index in [1.807, 2.05) is 30.3 Å². The first-order chi connectivity index (χ1) is 14.4. The molecule has 0 unspecified atom stereocenters. The minimum atomic E-state index is -3.89. The van der Waals surface area contributed by atoms with E-state index in [-0.39, 0.29) is 21.3 Å². The van der Waals surface area contributed by atoms with Crippen molar-refractivity contribution in [2.45, 2.75) is 4.90 Å². The Balaban J connectivity index is 1.56. The van der Waals surface area contributed by atoms with Gasteiger partial charge < -0.3 is 5.32 Å². The summed E-state index contributed by atoms with van der Waals surface area (Å²) in [5.74, 6) is -0.436. The van der Waals surface area contributed by atoms with Gasteiger partial charge in [0.1, 0.15) is 5.69 Å². The quantitative estimate of drug-likeness (QED) is 0.462. The molecule has 1 aromatic heterocycles. The van der Waals surface area contributed by atoms with Crippen molar-refractivity contribution < 1.29 is 13.2 Å². The van der Waals surface area contributed by atoms with Gasteiger partial charge in [-0.25, -0.2) is 13.4 Å². The number of benzene rings is 3. The third-order valence-corrected chi connectivity index (χ3v) is 6.04. The molecule has 3 aromatic carbocycles. The van der Waals surface area contributed by atoms with Crippen molar-refractivity contribution in [2.24, 2.45) is 0 Å². The van der Waals surface area contributed by atoms with Gasteiger partial charge in [-0.3, -0.25) is 9.52 Å². The van der Waals surface area contributed by atoms with E-state index in [0.29, 0.717) is 11.2 Å². The van der Waals surface area contributed by atoms with E-state index in [4.69, 9.17) is 11.6 Å². The van der Waals surface area contributed by atoms with Crippen LogP contribution in [0.15, 0.2) is 89.8 Å². The Labute approximate surface area is 178 Å². The van der Waals surface area contributed by atoms with Crippen LogP contribution in [0.4, 0.5) is 11.4 Å². The summed E-state index contributed by atoms with van der Waals surface area (Å²) in [6, 6.07) is 23.4. The number of nitrogens with zero attached hydrogens (tertiary/aromatic N) is 1. The molecule has 0 atom stereocenters. The van der Waals surface area contributed by atoms with Crippen molar-refractivity contribution in [3.05, 3.63) is 95.6 Å². The minimum absolute atomic E-state index is 0.00769. The Morgan fingerprint density at radius 3 is 2.47 bits per heavy atom. The second-order valence-electron chi connectivity index (χ2n) is 6.46. The SMILES string of the molecule is O=C(Nc1cccc(S(=O)(=O)Nc2ccccc2Cl)c1)c1ccc2ccccc2n1. The fourth-order valence-electron chi connectivity index (χ4n) is 2.88. The largest absolute Gasteiger partial charge is 0.321 e. The van der Waals surface area contributed by atoms with Gasteiger partial charge in [0.2, 0.25) is 0 Å². The van der Waals surface area contributed by atoms with Crippen LogP contribution in [0.3, 0.4) is 0 Å². The van der Waals surface area contributed by atoms with Gasteiger partial charge in [0.05, 0.1) is 21.1 Å². The first-order valence-electron chi connectivity index (χ1n) is 8.97. The number of hydrogen-bond acceptors (Lipinski definition) is 4. The number of anilines is 2. The number of amides is 1. The smallest absolute Gasteiger partial charge is 0.274 e. The van der Waals surface area contributed by atoms with Crippen LogP contribution in [0.1, 0.15) is 10.5 Å². The Kier molecular flexibility index (Phi) is 5.39. The zero-order chi connectivity index (χ0) is 21.1. The van der Waals surface area contributed by atoms with Crippen molar-refractivity contribution in [3.8, 4) is 0 Å². The van der Waals surface area contributed by atoms with E-state index in [0.717, 1.165) is 5.39 Å². The van der Waals surface area contributed by atoms with Crippen LogP contribution < -0.4 is 10.0 Å². The average molecular weight is 438 g/mol. The number of halogens is 1. The number of para-hydroxylation sites is 2. The van der Waals surface area contributed by atoms with Gasteiger partial charge in [-0.15, -0.1) is 0 Å². The normalized spacial score (nSPS) is 11.2. The average Bonchev–Trinajstić information content (AvgIpc) is 2.75. The molecule has 4 rings (SSSR count). The zero-order valence-electron chi connectivity index (χ0n) is 15.5. The van der Waals surface area contributed by atoms with Crippen LogP contribution in [-0.4, -0.2) is 19.3 Å². The molecule has 2 N–H and O–H groups in total. The highest BCUT2D eigenvalue weighted by Crippen LogP contribution is 2.25. The minimum Gasteiger partial charge on any atom is -0.321 e. The van der Waals surface area contributed by atoms with E-state index in [1.54, 1.807) is 42.5 Å². The molecule has 0 saturated carbocycles. The van der Waals surface area contributed by atoms with Crippen LogP contribution in [-0.2, 0) is 10.0 Å². The topological polar surface area (TPSA) is 88.2 Å². The maximum atomic E-state index is 12.7. The first-order valence-corrected chi connectivity index (χ1v) is 10.8. The van der Waals surface area contributed by atoms with Crippen LogP contribution in [0, 0.1) is 0 Å². The highest BCUT2D eigenvalue weighted by Gasteiger charge is 2.17. The molecule has 8 heteroatoms. The lowest BCUT2D eigenvalue weighted by molar-refractivity contribution is 0.102. The molecule has 0 spiro atoms. The second kappa shape index (κ2) is 8.14. The van der Waals surface area contributed by atoms with Gasteiger partial charge in [0.15, 0.2) is 0 Å². The van der Waals surface area contributed by atoms with E-state index in [1.165, 1.54) is 12.1 Å². The van der Waals surface area contributed by atoms with Gasteiger partial charge in [-0.2, -0.15) is 0 Å². The molecule has 0 radical (unpaired) electrons. The van der Waals surface area contributed by atoms with Crippen molar-refractivity contribution in [1.82, 2.24) is 4.98 Å². The first kappa shape index (κ1) is 19.9. The maximum absolute atomic E-state index is 12.7. The molecule has 0 aliphatic rings. The fraction of sp³-hybridized carbons (Fsp3) is 0. The highest BCUT2D eigenvalue weighted by molar-refractivity contribution is 7.92. The molecule has 0 aliphatic heterocycles. The molecule has 0 aliphatic carbocycles. The molecule has 6 nitrogen and oxygen atoms in total. The predicted octanol–water partition coefficient (Wildman–Crippen LogP) is 4.94. The highest BCUT2D eigenvalue weighted by atomic mass is 35.5. The fourth-order valence-corrected chi connectivity index (χ4v) is 4.24. The molecule has 150 valence electrons. The lowest BCUT2D eigenvalue weighted by Gasteiger charge is -2.11. The van der Waals surface area contributed by atoms with Crippen molar-refractivity contribution in [1.29, 1.82) is 0 Å². The summed E-state index contributed by atoms with van der Waals surface area (Å²) in [6.07, 6.45) is 0. The number of sulfonamides is 1. The summed E-state index contributed by atoms with van der Waals surface area (Å²) in [5.41, 5.74) is 1.53. The number of hydrogen-bond donors (Lipinski definition) is 2. The third kappa shape index (κ3) is 4.27. The molecule has 1 amide bonds. The van der Waals surface area contributed by atoms with Crippen molar-refractivity contribution >= 4 is 49.8 Å². The van der Waals surface area contributed by atoms with Crippen molar-refractivity contribution in [2.75, 3.05) is 10.0 Å². The number of rotatable bonds is 5. The van der Waals surface area contributed by atoms with Gasteiger partial charge in [0, 0.05) is 11.1 Å². The van der Waals surface area contributed by atoms with Crippen LogP contribution in [0.5, 0.6) is 0 Å². The van der Waals surface area contributed by atoms with E-state index >= 15 is 0 Å².